The van der Waals surface area contributed by atoms with Gasteiger partial charge < -0.3 is 9.51 Å². The minimum Gasteiger partial charge on any atom is -0.339 e. The Morgan fingerprint density at radius 3 is 2.92 bits per heavy atom. The summed E-state index contributed by atoms with van der Waals surface area (Å²) < 4.78 is 7.27. The van der Waals surface area contributed by atoms with Crippen LogP contribution >= 0.6 is 0 Å². The van der Waals surface area contributed by atoms with Crippen LogP contribution in [0, 0.1) is 0 Å². The molecule has 0 radical (unpaired) electrons. The van der Waals surface area contributed by atoms with Crippen molar-refractivity contribution in [3.05, 3.63) is 34.6 Å². The topological polar surface area (TPSA) is 76.7 Å². The number of aromatic amines is 1. The highest BCUT2D eigenvalue weighted by molar-refractivity contribution is 5.80. The molecule has 4 rings (SSSR count). The molecule has 0 unspecified atom stereocenters. The molecule has 2 heterocycles. The lowest BCUT2D eigenvalue weighted by Crippen LogP contribution is -2.16. The average molecular weight is 326 g/mol. The first kappa shape index (κ1) is 15.2. The summed E-state index contributed by atoms with van der Waals surface area (Å²) in [4.78, 5) is 19.6. The fraction of sp³-hybridized carbons (Fsp3) is 0.500. The maximum Gasteiger partial charge on any atom is 0.326 e. The summed E-state index contributed by atoms with van der Waals surface area (Å²) in [7, 11) is 0. The molecular weight excluding hydrogens is 304 g/mol. The number of hydrogen-bond donors (Lipinski definition) is 1. The molecular formula is C18H22N4O2. The molecule has 24 heavy (non-hydrogen) atoms. The SMILES string of the molecule is CCCn1c(=O)[nH]c2cc(-c3noc(C4CCCCC4)n3)ccc21. The first-order chi connectivity index (χ1) is 11.8. The van der Waals surface area contributed by atoms with Crippen molar-refractivity contribution in [2.24, 2.45) is 0 Å². The van der Waals surface area contributed by atoms with Crippen molar-refractivity contribution < 1.29 is 4.52 Å². The summed E-state index contributed by atoms with van der Waals surface area (Å²) in [5.41, 5.74) is 2.54. The highest BCUT2D eigenvalue weighted by atomic mass is 16.5. The van der Waals surface area contributed by atoms with E-state index in [0.717, 1.165) is 41.8 Å². The minimum atomic E-state index is -0.0694. The molecule has 0 spiro atoms. The van der Waals surface area contributed by atoms with Gasteiger partial charge in [-0.15, -0.1) is 0 Å². The van der Waals surface area contributed by atoms with E-state index >= 15 is 0 Å². The van der Waals surface area contributed by atoms with E-state index in [2.05, 4.69) is 22.0 Å². The highest BCUT2D eigenvalue weighted by Gasteiger charge is 2.22. The van der Waals surface area contributed by atoms with Gasteiger partial charge >= 0.3 is 5.69 Å². The number of imidazole rings is 1. The van der Waals surface area contributed by atoms with E-state index in [4.69, 9.17) is 4.52 Å². The zero-order valence-corrected chi connectivity index (χ0v) is 13.9. The summed E-state index contributed by atoms with van der Waals surface area (Å²) in [6, 6.07) is 5.84. The summed E-state index contributed by atoms with van der Waals surface area (Å²) in [5.74, 6) is 1.75. The van der Waals surface area contributed by atoms with Gasteiger partial charge in [0.1, 0.15) is 0 Å². The summed E-state index contributed by atoms with van der Waals surface area (Å²) in [6.45, 7) is 2.78. The van der Waals surface area contributed by atoms with Gasteiger partial charge in [0.25, 0.3) is 0 Å². The van der Waals surface area contributed by atoms with E-state index in [1.165, 1.54) is 19.3 Å². The van der Waals surface area contributed by atoms with Crippen molar-refractivity contribution in [3.63, 3.8) is 0 Å². The molecule has 6 nitrogen and oxygen atoms in total. The van der Waals surface area contributed by atoms with Crippen LogP contribution in [0.25, 0.3) is 22.4 Å². The van der Waals surface area contributed by atoms with Gasteiger partial charge in [-0.25, -0.2) is 4.79 Å². The maximum absolute atomic E-state index is 12.0. The third-order valence-corrected chi connectivity index (χ3v) is 4.88. The van der Waals surface area contributed by atoms with Crippen LogP contribution in [0.4, 0.5) is 0 Å². The quantitative estimate of drug-likeness (QED) is 0.790. The summed E-state index contributed by atoms with van der Waals surface area (Å²) in [6.07, 6.45) is 6.96. The van der Waals surface area contributed by atoms with E-state index < -0.39 is 0 Å². The second kappa shape index (κ2) is 6.26. The third kappa shape index (κ3) is 2.66. The zero-order valence-electron chi connectivity index (χ0n) is 13.9. The van der Waals surface area contributed by atoms with E-state index in [1.807, 2.05) is 18.2 Å². The Bertz CT molecular complexity index is 899. The van der Waals surface area contributed by atoms with Gasteiger partial charge in [-0.2, -0.15) is 4.98 Å². The lowest BCUT2D eigenvalue weighted by molar-refractivity contribution is 0.314. The van der Waals surface area contributed by atoms with Crippen LogP contribution in [0.15, 0.2) is 27.5 Å². The van der Waals surface area contributed by atoms with Gasteiger partial charge in [-0.3, -0.25) is 4.57 Å². The number of benzene rings is 1. The number of H-pyrrole nitrogens is 1. The van der Waals surface area contributed by atoms with E-state index in [1.54, 1.807) is 4.57 Å². The van der Waals surface area contributed by atoms with Crippen LogP contribution in [0.3, 0.4) is 0 Å². The first-order valence-electron chi connectivity index (χ1n) is 8.83. The van der Waals surface area contributed by atoms with Crippen molar-refractivity contribution >= 4 is 11.0 Å². The number of aryl methyl sites for hydroxylation is 1. The molecule has 3 aromatic rings. The summed E-state index contributed by atoms with van der Waals surface area (Å²) >= 11 is 0. The van der Waals surface area contributed by atoms with Crippen molar-refractivity contribution in [1.29, 1.82) is 0 Å². The highest BCUT2D eigenvalue weighted by Crippen LogP contribution is 2.32. The predicted octanol–water partition coefficient (Wildman–Crippen LogP) is 3.84. The number of nitrogens with one attached hydrogen (secondary N) is 1. The first-order valence-corrected chi connectivity index (χ1v) is 8.83. The Labute approximate surface area is 139 Å². The number of hydrogen-bond acceptors (Lipinski definition) is 4. The Morgan fingerprint density at radius 1 is 1.29 bits per heavy atom. The van der Waals surface area contributed by atoms with Gasteiger partial charge in [-0.05, 0) is 37.5 Å². The molecule has 0 atom stereocenters. The number of aromatic nitrogens is 4. The van der Waals surface area contributed by atoms with Crippen molar-refractivity contribution in [2.75, 3.05) is 0 Å². The molecule has 2 aromatic heterocycles. The van der Waals surface area contributed by atoms with Crippen molar-refractivity contribution in [3.8, 4) is 11.4 Å². The Kier molecular flexibility index (Phi) is 3.96. The van der Waals surface area contributed by atoms with Gasteiger partial charge in [0.2, 0.25) is 11.7 Å². The van der Waals surface area contributed by atoms with E-state index in [0.29, 0.717) is 18.3 Å². The van der Waals surface area contributed by atoms with Crippen LogP contribution in [0.1, 0.15) is 57.3 Å². The monoisotopic (exact) mass is 326 g/mol. The lowest BCUT2D eigenvalue weighted by atomic mass is 9.89. The van der Waals surface area contributed by atoms with Gasteiger partial charge in [0.15, 0.2) is 0 Å². The Morgan fingerprint density at radius 2 is 2.12 bits per heavy atom. The molecule has 0 amide bonds. The average Bonchev–Trinajstić information content (AvgIpc) is 3.21. The number of nitrogens with zero attached hydrogens (tertiary/aromatic N) is 3. The molecule has 6 heteroatoms. The smallest absolute Gasteiger partial charge is 0.326 e. The standard InChI is InChI=1S/C18H22N4O2/c1-2-10-22-15-9-8-13(11-14(15)19-18(22)23)16-20-17(24-21-16)12-6-4-3-5-7-12/h8-9,11-12H,2-7,10H2,1H3,(H,19,23). The molecule has 1 aliphatic rings. The molecule has 0 aliphatic heterocycles. The zero-order chi connectivity index (χ0) is 16.5. The third-order valence-electron chi connectivity index (χ3n) is 4.88. The number of fused-ring (bicyclic) bond motifs is 1. The van der Waals surface area contributed by atoms with Gasteiger partial charge in [0.05, 0.1) is 11.0 Å². The van der Waals surface area contributed by atoms with E-state index in [-0.39, 0.29) is 5.69 Å². The van der Waals surface area contributed by atoms with Crippen molar-refractivity contribution in [1.82, 2.24) is 19.7 Å². The van der Waals surface area contributed by atoms with Crippen LogP contribution in [-0.2, 0) is 6.54 Å². The van der Waals surface area contributed by atoms with Crippen LogP contribution in [-0.4, -0.2) is 19.7 Å². The van der Waals surface area contributed by atoms with Crippen LogP contribution in [0.5, 0.6) is 0 Å². The molecule has 1 aliphatic carbocycles. The fourth-order valence-corrected chi connectivity index (χ4v) is 3.62. The lowest BCUT2D eigenvalue weighted by Gasteiger charge is -2.17. The normalized spacial score (nSPS) is 16.0. The van der Waals surface area contributed by atoms with E-state index in [9.17, 15) is 4.79 Å². The molecule has 1 N–H and O–H groups in total. The van der Waals surface area contributed by atoms with Crippen LogP contribution < -0.4 is 5.69 Å². The molecule has 1 aromatic carbocycles. The Balaban J connectivity index is 1.67. The molecule has 0 saturated heterocycles. The molecule has 1 saturated carbocycles. The largest absolute Gasteiger partial charge is 0.339 e. The molecule has 126 valence electrons. The second-order valence-electron chi connectivity index (χ2n) is 6.60. The van der Waals surface area contributed by atoms with Crippen molar-refractivity contribution in [2.45, 2.75) is 57.9 Å². The fourth-order valence-electron chi connectivity index (χ4n) is 3.62. The maximum atomic E-state index is 12.0. The van der Waals surface area contributed by atoms with Gasteiger partial charge in [-0.1, -0.05) is 31.3 Å². The predicted molar refractivity (Wildman–Crippen MR) is 92.0 cm³/mol. The van der Waals surface area contributed by atoms with Gasteiger partial charge in [0, 0.05) is 18.0 Å². The van der Waals surface area contributed by atoms with Crippen LogP contribution in [0.2, 0.25) is 0 Å². The number of rotatable bonds is 4. The molecule has 0 bridgehead atoms. The minimum absolute atomic E-state index is 0.0694. The Hall–Kier alpha value is -2.37. The molecule has 1 fully saturated rings. The second-order valence-corrected chi connectivity index (χ2v) is 6.60. The summed E-state index contributed by atoms with van der Waals surface area (Å²) in [5, 5.41) is 4.15.